The van der Waals surface area contributed by atoms with Gasteiger partial charge in [-0.2, -0.15) is 0 Å². The Labute approximate surface area is 130 Å². The molecule has 0 saturated carbocycles. The summed E-state index contributed by atoms with van der Waals surface area (Å²) in [6, 6.07) is 18.7. The van der Waals surface area contributed by atoms with E-state index >= 15 is 0 Å². The molecule has 0 amide bonds. The van der Waals surface area contributed by atoms with Crippen molar-refractivity contribution in [2.45, 2.75) is 26.2 Å². The first kappa shape index (κ1) is 14.5. The fraction of sp³-hybridized carbons (Fsp3) is 0.200. The van der Waals surface area contributed by atoms with Crippen LogP contribution in [0.4, 0.5) is 0 Å². The van der Waals surface area contributed by atoms with Gasteiger partial charge in [0.1, 0.15) is 0 Å². The molecule has 3 aromatic rings. The smallest absolute Gasteiger partial charge is 0.203 e. The van der Waals surface area contributed by atoms with E-state index in [1.54, 1.807) is 0 Å². The molecule has 0 aliphatic heterocycles. The van der Waals surface area contributed by atoms with Gasteiger partial charge in [-0.05, 0) is 48.6 Å². The Kier molecular flexibility index (Phi) is 4.29. The zero-order valence-corrected chi connectivity index (χ0v) is 12.7. The van der Waals surface area contributed by atoms with Crippen LogP contribution < -0.4 is 0 Å². The van der Waals surface area contributed by atoms with Crippen LogP contribution in [0.1, 0.15) is 22.4 Å². The number of para-hydroxylation sites is 1. The molecule has 3 rings (SSSR count). The Bertz CT molecular complexity index is 790. The van der Waals surface area contributed by atoms with E-state index in [1.807, 2.05) is 31.4 Å². The van der Waals surface area contributed by atoms with Crippen LogP contribution in [0.15, 0.2) is 54.6 Å². The second-order valence-corrected chi connectivity index (χ2v) is 5.58. The summed E-state index contributed by atoms with van der Waals surface area (Å²) >= 11 is 0. The van der Waals surface area contributed by atoms with E-state index in [1.165, 1.54) is 16.5 Å². The summed E-state index contributed by atoms with van der Waals surface area (Å²) in [4.78, 5) is 15.0. The fourth-order valence-electron chi connectivity index (χ4n) is 2.79. The first-order valence-electron chi connectivity index (χ1n) is 7.54. The minimum atomic E-state index is 0.370. The molecular formula is C20H18NO. The molecule has 2 heteroatoms. The van der Waals surface area contributed by atoms with Crippen molar-refractivity contribution in [2.75, 3.05) is 0 Å². The number of benzene rings is 2. The highest BCUT2D eigenvalue weighted by atomic mass is 16.1. The third kappa shape index (κ3) is 3.22. The van der Waals surface area contributed by atoms with Crippen molar-refractivity contribution in [2.24, 2.45) is 0 Å². The highest BCUT2D eigenvalue weighted by molar-refractivity contribution is 5.82. The lowest BCUT2D eigenvalue weighted by atomic mass is 9.99. The molecule has 0 unspecified atom stereocenters. The second-order valence-electron chi connectivity index (χ2n) is 5.58. The van der Waals surface area contributed by atoms with Crippen LogP contribution >= 0.6 is 0 Å². The molecule has 1 heterocycles. The number of aryl methyl sites for hydroxylation is 3. The number of pyridine rings is 1. The van der Waals surface area contributed by atoms with Crippen molar-refractivity contribution in [3.63, 3.8) is 0 Å². The largest absolute Gasteiger partial charge is 0.291 e. The third-order valence-corrected chi connectivity index (χ3v) is 3.91. The lowest BCUT2D eigenvalue weighted by molar-refractivity contribution is 0.555. The van der Waals surface area contributed by atoms with Gasteiger partial charge < -0.3 is 0 Å². The Morgan fingerprint density at radius 1 is 0.955 bits per heavy atom. The van der Waals surface area contributed by atoms with Crippen molar-refractivity contribution in [3.8, 4) is 0 Å². The highest BCUT2D eigenvalue weighted by Crippen LogP contribution is 2.20. The average molecular weight is 288 g/mol. The molecule has 22 heavy (non-hydrogen) atoms. The molecule has 0 spiro atoms. The van der Waals surface area contributed by atoms with Crippen LogP contribution in [-0.4, -0.2) is 11.3 Å². The molecule has 0 bridgehead atoms. The maximum Gasteiger partial charge on any atom is 0.203 e. The van der Waals surface area contributed by atoms with Gasteiger partial charge in [0.2, 0.25) is 6.29 Å². The van der Waals surface area contributed by atoms with Crippen molar-refractivity contribution in [1.29, 1.82) is 0 Å². The van der Waals surface area contributed by atoms with Crippen LogP contribution in [0.3, 0.4) is 0 Å². The van der Waals surface area contributed by atoms with E-state index in [2.05, 4.69) is 41.4 Å². The van der Waals surface area contributed by atoms with E-state index in [0.717, 1.165) is 29.6 Å². The average Bonchev–Trinajstić information content (AvgIpc) is 2.54. The number of carbonyl (C=O) groups excluding carboxylic acids is 1. The van der Waals surface area contributed by atoms with E-state index < -0.39 is 0 Å². The summed E-state index contributed by atoms with van der Waals surface area (Å²) in [5.74, 6) is 0. The van der Waals surface area contributed by atoms with Crippen LogP contribution in [0.2, 0.25) is 0 Å². The zero-order chi connectivity index (χ0) is 15.4. The first-order chi connectivity index (χ1) is 10.8. The van der Waals surface area contributed by atoms with Gasteiger partial charge in [-0.1, -0.05) is 42.5 Å². The van der Waals surface area contributed by atoms with Gasteiger partial charge in [-0.3, -0.25) is 9.78 Å². The first-order valence-corrected chi connectivity index (χ1v) is 7.54. The molecule has 109 valence electrons. The lowest BCUT2D eigenvalue weighted by Gasteiger charge is -2.08. The number of fused-ring (bicyclic) bond motifs is 1. The fourth-order valence-corrected chi connectivity index (χ4v) is 2.79. The molecule has 0 aliphatic carbocycles. The molecule has 2 nitrogen and oxygen atoms in total. The van der Waals surface area contributed by atoms with E-state index in [0.29, 0.717) is 6.42 Å². The predicted molar refractivity (Wildman–Crippen MR) is 89.7 cm³/mol. The van der Waals surface area contributed by atoms with Crippen molar-refractivity contribution < 1.29 is 4.79 Å². The number of aromatic nitrogens is 1. The van der Waals surface area contributed by atoms with Crippen LogP contribution in [0.5, 0.6) is 0 Å². The molecule has 0 fully saturated rings. The summed E-state index contributed by atoms with van der Waals surface area (Å²) in [5.41, 5.74) is 5.77. The van der Waals surface area contributed by atoms with Crippen LogP contribution in [0.25, 0.3) is 10.9 Å². The molecule has 0 atom stereocenters. The summed E-state index contributed by atoms with van der Waals surface area (Å²) in [6.45, 7) is 2.04. The Balaban J connectivity index is 1.80. The number of hydrogen-bond donors (Lipinski definition) is 0. The summed E-state index contributed by atoms with van der Waals surface area (Å²) in [5, 5.41) is 1.24. The van der Waals surface area contributed by atoms with Crippen molar-refractivity contribution in [1.82, 2.24) is 4.98 Å². The molecule has 0 aliphatic rings. The molecule has 0 saturated heterocycles. The van der Waals surface area contributed by atoms with Gasteiger partial charge in [0.05, 0.1) is 5.52 Å². The van der Waals surface area contributed by atoms with Gasteiger partial charge in [0, 0.05) is 17.5 Å². The van der Waals surface area contributed by atoms with E-state index in [9.17, 15) is 4.79 Å². The zero-order valence-electron chi connectivity index (χ0n) is 12.7. The van der Waals surface area contributed by atoms with E-state index in [-0.39, 0.29) is 0 Å². The highest BCUT2D eigenvalue weighted by Gasteiger charge is 2.04. The molecule has 1 aromatic heterocycles. The van der Waals surface area contributed by atoms with Crippen molar-refractivity contribution in [3.05, 3.63) is 77.0 Å². The SMILES string of the molecule is Cc1cc(CCc2ccc(C[C]=O)cc2)c2ccccc2n1. The molecular weight excluding hydrogens is 270 g/mol. The summed E-state index contributed by atoms with van der Waals surface area (Å²) in [7, 11) is 0. The quantitative estimate of drug-likeness (QED) is 0.711. The van der Waals surface area contributed by atoms with Gasteiger partial charge in [0.25, 0.3) is 0 Å². The molecule has 1 radical (unpaired) electrons. The monoisotopic (exact) mass is 288 g/mol. The summed E-state index contributed by atoms with van der Waals surface area (Å²) in [6.07, 6.45) is 4.27. The normalized spacial score (nSPS) is 10.8. The Morgan fingerprint density at radius 3 is 2.45 bits per heavy atom. The van der Waals surface area contributed by atoms with Gasteiger partial charge >= 0.3 is 0 Å². The maximum atomic E-state index is 10.4. The van der Waals surface area contributed by atoms with Crippen LogP contribution in [0, 0.1) is 6.92 Å². The third-order valence-electron chi connectivity index (χ3n) is 3.91. The van der Waals surface area contributed by atoms with Crippen molar-refractivity contribution >= 4 is 17.2 Å². The standard InChI is InChI=1S/C20H18NO/c1-15-14-18(19-4-2-3-5-20(19)21-15)11-10-16-6-8-17(9-7-16)12-13-22/h2-9,14H,10-12H2,1H3. The maximum absolute atomic E-state index is 10.4. The molecule has 2 aromatic carbocycles. The Hall–Kier alpha value is -2.48. The van der Waals surface area contributed by atoms with Gasteiger partial charge in [-0.25, -0.2) is 0 Å². The number of rotatable bonds is 5. The van der Waals surface area contributed by atoms with E-state index in [4.69, 9.17) is 0 Å². The molecule has 0 N–H and O–H groups in total. The lowest BCUT2D eigenvalue weighted by Crippen LogP contribution is -1.96. The number of hydrogen-bond acceptors (Lipinski definition) is 2. The topological polar surface area (TPSA) is 30.0 Å². The van der Waals surface area contributed by atoms with Gasteiger partial charge in [-0.15, -0.1) is 0 Å². The van der Waals surface area contributed by atoms with Gasteiger partial charge in [0.15, 0.2) is 0 Å². The second kappa shape index (κ2) is 6.52. The summed E-state index contributed by atoms with van der Waals surface area (Å²) < 4.78 is 0. The minimum absolute atomic E-state index is 0.370. The predicted octanol–water partition coefficient (Wildman–Crippen LogP) is 3.98. The number of nitrogens with zero attached hydrogens (tertiary/aromatic N) is 1. The minimum Gasteiger partial charge on any atom is -0.291 e. The Morgan fingerprint density at radius 2 is 1.68 bits per heavy atom. The van der Waals surface area contributed by atoms with Crippen LogP contribution in [-0.2, 0) is 24.1 Å².